The predicted octanol–water partition coefficient (Wildman–Crippen LogP) is 0.573. The van der Waals surface area contributed by atoms with Gasteiger partial charge in [-0.05, 0) is 24.3 Å². The average molecular weight is 264 g/mol. The second-order valence-corrected chi connectivity index (χ2v) is 4.86. The summed E-state index contributed by atoms with van der Waals surface area (Å²) in [5.41, 5.74) is 6.40. The molecule has 0 radical (unpaired) electrons. The number of nitrogens with zero attached hydrogens (tertiary/aromatic N) is 3. The van der Waals surface area contributed by atoms with Crippen molar-refractivity contribution in [1.82, 2.24) is 9.78 Å². The monoisotopic (exact) mass is 264 g/mol. The third-order valence-corrected chi connectivity index (χ3v) is 3.17. The molecule has 1 aromatic carbocycles. The van der Waals surface area contributed by atoms with Crippen molar-refractivity contribution < 1.29 is 13.0 Å². The van der Waals surface area contributed by atoms with Crippen LogP contribution in [0.3, 0.4) is 0 Å². The minimum atomic E-state index is -4.22. The van der Waals surface area contributed by atoms with E-state index in [1.54, 1.807) is 0 Å². The largest absolute Gasteiger partial charge is 0.382 e. The van der Waals surface area contributed by atoms with Crippen LogP contribution in [0.2, 0.25) is 0 Å². The first-order chi connectivity index (χ1) is 8.43. The fraction of sp³-hybridized carbons (Fsp3) is 0. The molecular formula is C10H8N4O3S. The van der Waals surface area contributed by atoms with Crippen molar-refractivity contribution in [1.29, 1.82) is 5.26 Å². The lowest BCUT2D eigenvalue weighted by molar-refractivity contribution is 0.483. The number of nitrogens with two attached hydrogens (primary N) is 1. The van der Waals surface area contributed by atoms with Gasteiger partial charge in [0, 0.05) is 0 Å². The summed E-state index contributed by atoms with van der Waals surface area (Å²) in [4.78, 5) is -0.225. The highest BCUT2D eigenvalue weighted by Gasteiger charge is 2.11. The van der Waals surface area contributed by atoms with E-state index in [2.05, 4.69) is 5.10 Å². The number of aromatic nitrogens is 2. The maximum absolute atomic E-state index is 10.9. The Morgan fingerprint density at radius 3 is 2.39 bits per heavy atom. The fourth-order valence-corrected chi connectivity index (χ4v) is 1.89. The van der Waals surface area contributed by atoms with E-state index in [9.17, 15) is 8.42 Å². The van der Waals surface area contributed by atoms with Gasteiger partial charge in [-0.1, -0.05) is 0 Å². The van der Waals surface area contributed by atoms with Gasteiger partial charge in [0.25, 0.3) is 10.1 Å². The molecule has 0 saturated carbocycles. The zero-order valence-corrected chi connectivity index (χ0v) is 9.79. The van der Waals surface area contributed by atoms with Gasteiger partial charge in [-0.3, -0.25) is 4.55 Å². The molecule has 1 aromatic heterocycles. The number of benzene rings is 1. The van der Waals surface area contributed by atoms with E-state index in [1.807, 2.05) is 6.07 Å². The average Bonchev–Trinajstić information content (AvgIpc) is 2.69. The van der Waals surface area contributed by atoms with Crippen LogP contribution in [0.5, 0.6) is 0 Å². The molecule has 0 aliphatic carbocycles. The maximum Gasteiger partial charge on any atom is 0.294 e. The molecule has 92 valence electrons. The van der Waals surface area contributed by atoms with Crippen LogP contribution in [0.25, 0.3) is 5.69 Å². The van der Waals surface area contributed by atoms with Crippen molar-refractivity contribution in [2.24, 2.45) is 0 Å². The molecule has 18 heavy (non-hydrogen) atoms. The zero-order valence-electron chi connectivity index (χ0n) is 8.98. The lowest BCUT2D eigenvalue weighted by Gasteiger charge is -2.04. The van der Waals surface area contributed by atoms with E-state index in [1.165, 1.54) is 35.1 Å². The number of hydrogen-bond donors (Lipinski definition) is 2. The Morgan fingerprint density at radius 1 is 1.33 bits per heavy atom. The van der Waals surface area contributed by atoms with Gasteiger partial charge >= 0.3 is 0 Å². The molecule has 2 aromatic rings. The zero-order chi connectivity index (χ0) is 13.3. The molecule has 3 N–H and O–H groups in total. The number of nitrogen functional groups attached to an aromatic ring is 1. The molecule has 0 saturated heterocycles. The molecule has 2 rings (SSSR count). The molecule has 8 heteroatoms. The summed E-state index contributed by atoms with van der Waals surface area (Å²) in [7, 11) is -4.22. The third-order valence-electron chi connectivity index (χ3n) is 2.31. The molecule has 0 spiro atoms. The smallest absolute Gasteiger partial charge is 0.294 e. The maximum atomic E-state index is 10.9. The van der Waals surface area contributed by atoms with Crippen molar-refractivity contribution in [3.63, 3.8) is 0 Å². The van der Waals surface area contributed by atoms with E-state index >= 15 is 0 Å². The van der Waals surface area contributed by atoms with Gasteiger partial charge in [-0.2, -0.15) is 18.8 Å². The number of nitriles is 1. The predicted molar refractivity (Wildman–Crippen MR) is 62.5 cm³/mol. The molecule has 0 aliphatic heterocycles. The SMILES string of the molecule is N#Cc1cnn(-c2ccc(S(=O)(=O)O)cc2)c1N. The molecule has 0 aliphatic rings. The van der Waals surface area contributed by atoms with Crippen molar-refractivity contribution in [2.45, 2.75) is 4.90 Å². The molecule has 7 nitrogen and oxygen atoms in total. The minimum Gasteiger partial charge on any atom is -0.382 e. The van der Waals surface area contributed by atoms with Gasteiger partial charge in [0.15, 0.2) is 0 Å². The highest BCUT2D eigenvalue weighted by molar-refractivity contribution is 7.85. The second-order valence-electron chi connectivity index (χ2n) is 3.44. The van der Waals surface area contributed by atoms with Crippen LogP contribution >= 0.6 is 0 Å². The van der Waals surface area contributed by atoms with Gasteiger partial charge in [0.2, 0.25) is 0 Å². The molecular weight excluding hydrogens is 256 g/mol. The molecule has 0 bridgehead atoms. The van der Waals surface area contributed by atoms with Crippen molar-refractivity contribution in [3.05, 3.63) is 36.0 Å². The van der Waals surface area contributed by atoms with Crippen LogP contribution < -0.4 is 5.73 Å². The fourth-order valence-electron chi connectivity index (χ4n) is 1.41. The topological polar surface area (TPSA) is 122 Å². The Labute approximate surface area is 103 Å². The van der Waals surface area contributed by atoms with Crippen molar-refractivity contribution >= 4 is 15.9 Å². The quantitative estimate of drug-likeness (QED) is 0.765. The first kappa shape index (κ1) is 12.1. The summed E-state index contributed by atoms with van der Waals surface area (Å²) in [5.74, 6) is 0.164. The van der Waals surface area contributed by atoms with Crippen LogP contribution in [0, 0.1) is 11.3 Å². The molecule has 0 atom stereocenters. The number of hydrogen-bond acceptors (Lipinski definition) is 5. The minimum absolute atomic E-state index is 0.164. The third kappa shape index (κ3) is 2.04. The second kappa shape index (κ2) is 4.14. The van der Waals surface area contributed by atoms with Gasteiger partial charge in [0.1, 0.15) is 17.5 Å². The molecule has 0 unspecified atom stereocenters. The highest BCUT2D eigenvalue weighted by atomic mass is 32.2. The number of anilines is 1. The summed E-state index contributed by atoms with van der Waals surface area (Å²) in [6, 6.07) is 7.17. The Kier molecular flexibility index (Phi) is 2.78. The van der Waals surface area contributed by atoms with Gasteiger partial charge in [-0.25, -0.2) is 4.68 Å². The summed E-state index contributed by atoms with van der Waals surface area (Å²) >= 11 is 0. The van der Waals surface area contributed by atoms with Crippen LogP contribution in [0.15, 0.2) is 35.4 Å². The Balaban J connectivity index is 2.48. The normalized spacial score (nSPS) is 11.1. The van der Waals surface area contributed by atoms with Crippen molar-refractivity contribution in [2.75, 3.05) is 5.73 Å². The van der Waals surface area contributed by atoms with Crippen LogP contribution in [-0.4, -0.2) is 22.8 Å². The van der Waals surface area contributed by atoms with Gasteiger partial charge < -0.3 is 5.73 Å². The molecule has 0 amide bonds. The van der Waals surface area contributed by atoms with E-state index in [-0.39, 0.29) is 16.3 Å². The van der Waals surface area contributed by atoms with Crippen molar-refractivity contribution in [3.8, 4) is 11.8 Å². The van der Waals surface area contributed by atoms with Gasteiger partial charge in [0.05, 0.1) is 16.8 Å². The first-order valence-corrected chi connectivity index (χ1v) is 6.19. The summed E-state index contributed by atoms with van der Waals surface area (Å²) in [5, 5.41) is 12.6. The van der Waals surface area contributed by atoms with E-state index < -0.39 is 10.1 Å². The van der Waals surface area contributed by atoms with Crippen LogP contribution in [0.1, 0.15) is 5.56 Å². The lowest BCUT2D eigenvalue weighted by atomic mass is 10.3. The Hall–Kier alpha value is -2.37. The molecule has 1 heterocycles. The molecule has 0 fully saturated rings. The van der Waals surface area contributed by atoms with E-state index in [0.717, 1.165) is 0 Å². The summed E-state index contributed by atoms with van der Waals surface area (Å²) < 4.78 is 31.9. The first-order valence-electron chi connectivity index (χ1n) is 4.75. The summed E-state index contributed by atoms with van der Waals surface area (Å²) in [6.07, 6.45) is 1.31. The van der Waals surface area contributed by atoms with E-state index in [4.69, 9.17) is 15.5 Å². The number of rotatable bonds is 2. The Bertz CT molecular complexity index is 725. The van der Waals surface area contributed by atoms with Crippen LogP contribution in [0.4, 0.5) is 5.82 Å². The summed E-state index contributed by atoms with van der Waals surface area (Å²) in [6.45, 7) is 0. The lowest BCUT2D eigenvalue weighted by Crippen LogP contribution is -2.03. The standard InChI is InChI=1S/C10H8N4O3S/c11-5-7-6-13-14(10(7)12)8-1-3-9(4-2-8)18(15,16)17/h1-4,6H,12H2,(H,15,16,17). The van der Waals surface area contributed by atoms with Crippen LogP contribution in [-0.2, 0) is 10.1 Å². The van der Waals surface area contributed by atoms with Gasteiger partial charge in [-0.15, -0.1) is 0 Å². The Morgan fingerprint density at radius 2 is 1.94 bits per heavy atom. The van der Waals surface area contributed by atoms with E-state index in [0.29, 0.717) is 5.69 Å². The highest BCUT2D eigenvalue weighted by Crippen LogP contribution is 2.18.